The van der Waals surface area contributed by atoms with Crippen LogP contribution in [0.3, 0.4) is 0 Å². The Morgan fingerprint density at radius 3 is 1.90 bits per heavy atom. The molecule has 1 N–H and O–H groups in total. The molecule has 0 aliphatic rings. The molecule has 0 bridgehead atoms. The smallest absolute Gasteiger partial charge is 0.248 e. The standard InChI is InChI=1S/C27H22N2O2/c30-25(18-16-21-10-4-1-5-11-21)29-24-17-19-26(28-20-24)31-27(22-12-6-2-7-13-22)23-14-8-3-9-15-23/h1-20,27H,(H,29,30)/b18-16+. The monoisotopic (exact) mass is 406 g/mol. The van der Waals surface area contributed by atoms with Crippen molar-refractivity contribution in [1.82, 2.24) is 4.98 Å². The largest absolute Gasteiger partial charge is 0.465 e. The first-order chi connectivity index (χ1) is 15.3. The number of pyridine rings is 1. The Hall–Kier alpha value is -4.18. The van der Waals surface area contributed by atoms with Crippen molar-refractivity contribution in [3.63, 3.8) is 0 Å². The van der Waals surface area contributed by atoms with Gasteiger partial charge in [0.2, 0.25) is 11.8 Å². The molecule has 1 amide bonds. The fourth-order valence-electron chi connectivity index (χ4n) is 3.15. The first-order valence-electron chi connectivity index (χ1n) is 10.0. The lowest BCUT2D eigenvalue weighted by molar-refractivity contribution is -0.111. The molecule has 4 rings (SSSR count). The van der Waals surface area contributed by atoms with Crippen LogP contribution in [-0.2, 0) is 4.79 Å². The van der Waals surface area contributed by atoms with E-state index in [1.165, 1.54) is 6.08 Å². The molecule has 1 heterocycles. The second-order valence-corrected chi connectivity index (χ2v) is 6.94. The molecule has 0 aliphatic carbocycles. The molecule has 31 heavy (non-hydrogen) atoms. The van der Waals surface area contributed by atoms with Crippen molar-refractivity contribution in [3.05, 3.63) is 132 Å². The number of benzene rings is 3. The van der Waals surface area contributed by atoms with E-state index in [0.29, 0.717) is 11.6 Å². The quantitative estimate of drug-likeness (QED) is 0.389. The van der Waals surface area contributed by atoms with Crippen LogP contribution in [0.15, 0.2) is 115 Å². The maximum absolute atomic E-state index is 12.2. The molecule has 0 radical (unpaired) electrons. The van der Waals surface area contributed by atoms with Gasteiger partial charge in [0.1, 0.15) is 0 Å². The van der Waals surface area contributed by atoms with Crippen molar-refractivity contribution in [2.24, 2.45) is 0 Å². The van der Waals surface area contributed by atoms with Crippen molar-refractivity contribution in [3.8, 4) is 5.88 Å². The zero-order valence-electron chi connectivity index (χ0n) is 16.9. The molecule has 0 unspecified atom stereocenters. The molecule has 0 atom stereocenters. The summed E-state index contributed by atoms with van der Waals surface area (Å²) in [7, 11) is 0. The highest BCUT2D eigenvalue weighted by atomic mass is 16.5. The van der Waals surface area contributed by atoms with E-state index in [4.69, 9.17) is 4.74 Å². The van der Waals surface area contributed by atoms with Crippen LogP contribution in [0.1, 0.15) is 22.8 Å². The molecule has 3 aromatic carbocycles. The minimum atomic E-state index is -0.274. The highest BCUT2D eigenvalue weighted by Gasteiger charge is 2.16. The van der Waals surface area contributed by atoms with Gasteiger partial charge in [-0.15, -0.1) is 0 Å². The third-order valence-corrected chi connectivity index (χ3v) is 4.67. The number of nitrogens with zero attached hydrogens (tertiary/aromatic N) is 1. The molecule has 152 valence electrons. The molecule has 0 fully saturated rings. The fraction of sp³-hybridized carbons (Fsp3) is 0.0370. The second kappa shape index (κ2) is 10.0. The summed E-state index contributed by atoms with van der Waals surface area (Å²) < 4.78 is 6.21. The highest BCUT2D eigenvalue weighted by Crippen LogP contribution is 2.27. The second-order valence-electron chi connectivity index (χ2n) is 6.94. The third-order valence-electron chi connectivity index (χ3n) is 4.67. The van der Waals surface area contributed by atoms with E-state index in [2.05, 4.69) is 10.3 Å². The molecule has 0 aliphatic heterocycles. The van der Waals surface area contributed by atoms with Crippen LogP contribution in [-0.4, -0.2) is 10.9 Å². The van der Waals surface area contributed by atoms with Gasteiger partial charge in [-0.3, -0.25) is 4.79 Å². The van der Waals surface area contributed by atoms with E-state index in [1.54, 1.807) is 24.4 Å². The molecule has 0 saturated carbocycles. The third kappa shape index (κ3) is 5.67. The number of amides is 1. The number of rotatable bonds is 7. The van der Waals surface area contributed by atoms with Crippen molar-refractivity contribution < 1.29 is 9.53 Å². The average Bonchev–Trinajstić information content (AvgIpc) is 2.84. The number of carbonyl (C=O) groups excluding carboxylic acids is 1. The Labute approximate surface area is 181 Å². The molecule has 4 aromatic rings. The summed E-state index contributed by atoms with van der Waals surface area (Å²) in [6.45, 7) is 0. The van der Waals surface area contributed by atoms with Gasteiger partial charge >= 0.3 is 0 Å². The average molecular weight is 406 g/mol. The van der Waals surface area contributed by atoms with E-state index < -0.39 is 0 Å². The van der Waals surface area contributed by atoms with E-state index in [0.717, 1.165) is 16.7 Å². The predicted octanol–water partition coefficient (Wildman–Crippen LogP) is 5.90. The van der Waals surface area contributed by atoms with Crippen LogP contribution in [0.4, 0.5) is 5.69 Å². The van der Waals surface area contributed by atoms with Gasteiger partial charge in [0.15, 0.2) is 6.10 Å². The van der Waals surface area contributed by atoms with E-state index in [1.807, 2.05) is 91.0 Å². The molecular weight excluding hydrogens is 384 g/mol. The zero-order chi connectivity index (χ0) is 21.3. The lowest BCUT2D eigenvalue weighted by Gasteiger charge is -2.19. The molecular formula is C27H22N2O2. The minimum absolute atomic E-state index is 0.217. The molecule has 4 nitrogen and oxygen atoms in total. The summed E-state index contributed by atoms with van der Waals surface area (Å²) in [4.78, 5) is 16.5. The topological polar surface area (TPSA) is 51.2 Å². The highest BCUT2D eigenvalue weighted by molar-refractivity contribution is 6.01. The Balaban J connectivity index is 1.44. The van der Waals surface area contributed by atoms with Gasteiger partial charge in [-0.1, -0.05) is 91.0 Å². The van der Waals surface area contributed by atoms with Crippen molar-refractivity contribution in [2.75, 3.05) is 5.32 Å². The number of ether oxygens (including phenoxy) is 1. The summed E-state index contributed by atoms with van der Waals surface area (Å²) in [5.41, 5.74) is 3.65. The van der Waals surface area contributed by atoms with E-state index in [-0.39, 0.29) is 12.0 Å². The van der Waals surface area contributed by atoms with Gasteiger partial charge < -0.3 is 10.1 Å². The molecule has 0 saturated heterocycles. The van der Waals surface area contributed by atoms with Crippen molar-refractivity contribution >= 4 is 17.7 Å². The SMILES string of the molecule is O=C(/C=C/c1ccccc1)Nc1ccc(OC(c2ccccc2)c2ccccc2)nc1. The van der Waals surface area contributed by atoms with Crippen molar-refractivity contribution in [1.29, 1.82) is 0 Å². The van der Waals surface area contributed by atoms with Gasteiger partial charge in [0, 0.05) is 12.1 Å². The summed E-state index contributed by atoms with van der Waals surface area (Å²) >= 11 is 0. The van der Waals surface area contributed by atoms with Crippen LogP contribution in [0.25, 0.3) is 6.08 Å². The maximum Gasteiger partial charge on any atom is 0.248 e. The Kier molecular flexibility index (Phi) is 6.51. The zero-order valence-corrected chi connectivity index (χ0v) is 16.9. The summed E-state index contributed by atoms with van der Waals surface area (Å²) in [6, 6.07) is 33.3. The van der Waals surface area contributed by atoms with Gasteiger partial charge in [-0.2, -0.15) is 0 Å². The van der Waals surface area contributed by atoms with Crippen LogP contribution in [0.5, 0.6) is 5.88 Å². The Bertz CT molecular complexity index is 1090. The lowest BCUT2D eigenvalue weighted by Crippen LogP contribution is -2.11. The van der Waals surface area contributed by atoms with Gasteiger partial charge in [-0.25, -0.2) is 4.98 Å². The van der Waals surface area contributed by atoms with Gasteiger partial charge in [-0.05, 0) is 28.8 Å². The number of aromatic nitrogens is 1. The predicted molar refractivity (Wildman–Crippen MR) is 124 cm³/mol. The minimum Gasteiger partial charge on any atom is -0.465 e. The van der Waals surface area contributed by atoms with Gasteiger partial charge in [0.05, 0.1) is 11.9 Å². The fourth-order valence-corrected chi connectivity index (χ4v) is 3.15. The first-order valence-corrected chi connectivity index (χ1v) is 10.0. The van der Waals surface area contributed by atoms with Crippen LogP contribution in [0, 0.1) is 0 Å². The van der Waals surface area contributed by atoms with Gasteiger partial charge in [0.25, 0.3) is 0 Å². The van der Waals surface area contributed by atoms with E-state index in [9.17, 15) is 4.79 Å². The van der Waals surface area contributed by atoms with Crippen LogP contribution in [0.2, 0.25) is 0 Å². The lowest BCUT2D eigenvalue weighted by atomic mass is 10.0. The van der Waals surface area contributed by atoms with Crippen LogP contribution < -0.4 is 10.1 Å². The number of carbonyl (C=O) groups is 1. The maximum atomic E-state index is 12.2. The molecule has 4 heteroatoms. The summed E-state index contributed by atoms with van der Waals surface area (Å²) in [5.74, 6) is 0.265. The summed E-state index contributed by atoms with van der Waals surface area (Å²) in [5, 5.41) is 2.81. The number of hydrogen-bond donors (Lipinski definition) is 1. The van der Waals surface area contributed by atoms with Crippen LogP contribution >= 0.6 is 0 Å². The number of nitrogens with one attached hydrogen (secondary N) is 1. The first kappa shape index (κ1) is 20.1. The Morgan fingerprint density at radius 2 is 1.35 bits per heavy atom. The molecule has 1 aromatic heterocycles. The number of hydrogen-bond acceptors (Lipinski definition) is 3. The van der Waals surface area contributed by atoms with E-state index >= 15 is 0 Å². The normalized spacial score (nSPS) is 10.9. The number of anilines is 1. The Morgan fingerprint density at radius 1 is 0.774 bits per heavy atom. The van der Waals surface area contributed by atoms with Crippen molar-refractivity contribution in [2.45, 2.75) is 6.10 Å². The summed E-state index contributed by atoms with van der Waals surface area (Å²) in [6.07, 6.45) is 4.59. The molecule has 0 spiro atoms.